The minimum absolute atomic E-state index is 0.00172. The Morgan fingerprint density at radius 2 is 1.89 bits per heavy atom. The molecular weight excluding hydrogens is 491 g/mol. The molecule has 0 radical (unpaired) electrons. The molecule has 35 heavy (non-hydrogen) atoms. The van der Waals surface area contributed by atoms with E-state index in [9.17, 15) is 37.8 Å². The Labute approximate surface area is 198 Å². The third-order valence-electron chi connectivity index (χ3n) is 6.61. The molecule has 14 heteroatoms. The molecule has 0 saturated heterocycles. The smallest absolute Gasteiger partial charge is 0.417 e. The van der Waals surface area contributed by atoms with Gasteiger partial charge >= 0.3 is 12.1 Å². The highest BCUT2D eigenvalue weighted by Crippen LogP contribution is 2.47. The molecule has 5 rings (SSSR count). The van der Waals surface area contributed by atoms with Crippen LogP contribution in [0.5, 0.6) is 0 Å². The summed E-state index contributed by atoms with van der Waals surface area (Å²) in [6.45, 7) is 1.59. The van der Waals surface area contributed by atoms with Crippen LogP contribution in [0.1, 0.15) is 51.4 Å². The lowest BCUT2D eigenvalue weighted by Crippen LogP contribution is -2.57. The molecule has 3 aromatic rings. The van der Waals surface area contributed by atoms with Gasteiger partial charge in [-0.25, -0.2) is 14.8 Å². The summed E-state index contributed by atoms with van der Waals surface area (Å²) in [5, 5.41) is 25.3. The van der Waals surface area contributed by atoms with Gasteiger partial charge in [0.1, 0.15) is 38.9 Å². The molecule has 1 fully saturated rings. The molecule has 3 aromatic heterocycles. The van der Waals surface area contributed by atoms with Gasteiger partial charge in [0.05, 0.1) is 5.39 Å². The van der Waals surface area contributed by atoms with Gasteiger partial charge in [0.15, 0.2) is 5.60 Å². The van der Waals surface area contributed by atoms with Crippen molar-refractivity contribution in [1.82, 2.24) is 19.9 Å². The number of pyridine rings is 1. The van der Waals surface area contributed by atoms with Gasteiger partial charge in [-0.2, -0.15) is 13.2 Å². The van der Waals surface area contributed by atoms with Crippen molar-refractivity contribution in [2.24, 2.45) is 0 Å². The number of rotatable bonds is 3. The number of nitrogens with zero attached hydrogens (tertiary/aromatic N) is 3. The number of carboxylic acid groups (broad SMARTS) is 1. The van der Waals surface area contributed by atoms with E-state index in [4.69, 9.17) is 0 Å². The van der Waals surface area contributed by atoms with Crippen LogP contribution in [-0.4, -0.2) is 48.4 Å². The molecular formula is C21H18F3N5O5S. The number of carbonyl (C=O) groups is 2. The van der Waals surface area contributed by atoms with Crippen molar-refractivity contribution < 1.29 is 33.0 Å². The summed E-state index contributed by atoms with van der Waals surface area (Å²) < 4.78 is 41.2. The first-order valence-corrected chi connectivity index (χ1v) is 11.3. The second-order valence-corrected chi connectivity index (χ2v) is 9.76. The highest BCUT2D eigenvalue weighted by atomic mass is 32.1. The zero-order valence-electron chi connectivity index (χ0n) is 18.1. The second-order valence-electron chi connectivity index (χ2n) is 8.73. The molecule has 10 nitrogen and oxygen atoms in total. The van der Waals surface area contributed by atoms with Gasteiger partial charge in [-0.1, -0.05) is 0 Å². The third-order valence-corrected chi connectivity index (χ3v) is 7.64. The Balaban J connectivity index is 1.58. The van der Waals surface area contributed by atoms with Crippen LogP contribution in [0.3, 0.4) is 0 Å². The van der Waals surface area contributed by atoms with Gasteiger partial charge in [0.2, 0.25) is 0 Å². The Morgan fingerprint density at radius 1 is 1.20 bits per heavy atom. The minimum atomic E-state index is -4.84. The van der Waals surface area contributed by atoms with E-state index in [1.165, 1.54) is 18.5 Å². The number of thiophene rings is 1. The quantitative estimate of drug-likeness (QED) is 0.422. The number of alkyl halides is 3. The molecule has 2 aliphatic rings. The van der Waals surface area contributed by atoms with Crippen molar-refractivity contribution in [3.63, 3.8) is 0 Å². The highest BCUT2D eigenvalue weighted by molar-refractivity contribution is 7.20. The minimum Gasteiger partial charge on any atom is -0.477 e. The summed E-state index contributed by atoms with van der Waals surface area (Å²) in [5.41, 5.74) is -4.53. The van der Waals surface area contributed by atoms with E-state index in [2.05, 4.69) is 20.6 Å². The molecule has 1 aliphatic carbocycles. The number of aliphatic hydroxyl groups is 1. The number of halogens is 3. The number of anilines is 2. The molecule has 0 atom stereocenters. The monoisotopic (exact) mass is 509 g/mol. The van der Waals surface area contributed by atoms with Gasteiger partial charge < -0.3 is 20.8 Å². The van der Waals surface area contributed by atoms with Crippen LogP contribution >= 0.6 is 11.3 Å². The fraction of sp³-hybridized carbons (Fsp3) is 0.381. The fourth-order valence-electron chi connectivity index (χ4n) is 4.75. The third kappa shape index (κ3) is 3.46. The summed E-state index contributed by atoms with van der Waals surface area (Å²) in [7, 11) is 0. The molecule has 1 amide bonds. The molecule has 0 aromatic carbocycles. The number of aryl methyl sites for hydroxylation is 1. The summed E-state index contributed by atoms with van der Waals surface area (Å²) in [6.07, 6.45) is -5.59. The number of carboxylic acids is 1. The average molecular weight is 509 g/mol. The van der Waals surface area contributed by atoms with Gasteiger partial charge in [0, 0.05) is 0 Å². The zero-order valence-corrected chi connectivity index (χ0v) is 18.9. The largest absolute Gasteiger partial charge is 0.477 e. The second kappa shape index (κ2) is 7.49. The summed E-state index contributed by atoms with van der Waals surface area (Å²) in [6, 6.07) is 2.80. The van der Waals surface area contributed by atoms with E-state index in [-0.39, 0.29) is 34.9 Å². The predicted octanol–water partition coefficient (Wildman–Crippen LogP) is 2.87. The first kappa shape index (κ1) is 23.2. The van der Waals surface area contributed by atoms with Crippen molar-refractivity contribution in [3.8, 4) is 0 Å². The van der Waals surface area contributed by atoms with E-state index in [1.807, 2.05) is 0 Å². The van der Waals surface area contributed by atoms with Gasteiger partial charge in [0.25, 0.3) is 11.5 Å². The van der Waals surface area contributed by atoms with Crippen LogP contribution in [0.4, 0.5) is 24.7 Å². The lowest BCUT2D eigenvalue weighted by atomic mass is 9.78. The van der Waals surface area contributed by atoms with Crippen LogP contribution < -0.4 is 16.2 Å². The molecule has 1 saturated carbocycles. The number of nitrogens with one attached hydrogen (secondary N) is 2. The Bertz CT molecular complexity index is 1460. The van der Waals surface area contributed by atoms with Crippen LogP contribution in [0, 0.1) is 6.92 Å². The van der Waals surface area contributed by atoms with Crippen LogP contribution in [0.2, 0.25) is 0 Å². The lowest BCUT2D eigenvalue weighted by Gasteiger charge is -2.43. The molecule has 4 heterocycles. The average Bonchev–Trinajstić information content (AvgIpc) is 3.34. The van der Waals surface area contributed by atoms with Gasteiger partial charge in [-0.05, 0) is 50.3 Å². The number of carbonyl (C=O) groups excluding carboxylic acids is 1. The lowest BCUT2D eigenvalue weighted by molar-refractivity contribution is -0.275. The maximum atomic E-state index is 13.5. The fourth-order valence-corrected chi connectivity index (χ4v) is 5.59. The van der Waals surface area contributed by atoms with E-state index in [1.54, 1.807) is 6.92 Å². The van der Waals surface area contributed by atoms with E-state index in [0.29, 0.717) is 15.8 Å². The van der Waals surface area contributed by atoms with E-state index < -0.39 is 47.7 Å². The Hall–Kier alpha value is -3.52. The summed E-state index contributed by atoms with van der Waals surface area (Å²) in [4.78, 5) is 46.2. The van der Waals surface area contributed by atoms with Crippen LogP contribution in [0.15, 0.2) is 23.3 Å². The number of fused-ring (bicyclic) bond motifs is 3. The molecule has 0 bridgehead atoms. The number of amides is 1. The molecule has 1 spiro atoms. The van der Waals surface area contributed by atoms with Crippen LogP contribution in [-0.2, 0) is 5.66 Å². The van der Waals surface area contributed by atoms with Gasteiger partial charge in [-0.15, -0.1) is 11.3 Å². The first-order valence-electron chi connectivity index (χ1n) is 10.5. The number of aromatic nitrogens is 3. The zero-order chi connectivity index (χ0) is 25.3. The topological polar surface area (TPSA) is 146 Å². The summed E-state index contributed by atoms with van der Waals surface area (Å²) >= 11 is 0.933. The Morgan fingerprint density at radius 3 is 2.51 bits per heavy atom. The van der Waals surface area contributed by atoms with Crippen molar-refractivity contribution >= 4 is 44.9 Å². The summed E-state index contributed by atoms with van der Waals surface area (Å²) in [5.74, 6) is -1.57. The molecule has 184 valence electrons. The van der Waals surface area contributed by atoms with Crippen molar-refractivity contribution in [1.29, 1.82) is 0 Å². The first-order chi connectivity index (χ1) is 16.4. The predicted molar refractivity (Wildman–Crippen MR) is 118 cm³/mol. The van der Waals surface area contributed by atoms with E-state index in [0.717, 1.165) is 15.9 Å². The molecule has 4 N–H and O–H groups in total. The Kier molecular flexibility index (Phi) is 4.97. The highest BCUT2D eigenvalue weighted by Gasteiger charge is 2.59. The number of aromatic carboxylic acids is 1. The number of hydrogen-bond donors (Lipinski definition) is 4. The number of hydrogen-bond acceptors (Lipinski definition) is 8. The van der Waals surface area contributed by atoms with Crippen molar-refractivity contribution in [2.45, 2.75) is 50.0 Å². The van der Waals surface area contributed by atoms with Crippen molar-refractivity contribution in [2.75, 3.05) is 5.32 Å². The van der Waals surface area contributed by atoms with Crippen molar-refractivity contribution in [3.05, 3.63) is 44.9 Å². The van der Waals surface area contributed by atoms with Gasteiger partial charge in [-0.3, -0.25) is 14.2 Å². The standard InChI is InChI=1S/C21H18F3N5O5S/c1-9-6-11(27-14-10-7-12(18(32)33)35-16(10)26-8-25-14)17(31)29-13(9)15(30)28-20(29)4-2-19(34,3-5-20)21(22,23)24/h6-8,34H,2-5H2,1H3,(H,28,30)(H,32,33)(H,25,26,27). The van der Waals surface area contributed by atoms with Crippen LogP contribution in [0.25, 0.3) is 10.2 Å². The maximum absolute atomic E-state index is 13.5. The SMILES string of the molecule is Cc1cc(Nc2ncnc3sc(C(=O)O)cc23)c(=O)n2c1C(=O)NC21CCC(O)(C(F)(F)F)CC1. The maximum Gasteiger partial charge on any atom is 0.417 e. The normalized spacial score (nSPS) is 24.0. The molecule has 0 unspecified atom stereocenters. The van der Waals surface area contributed by atoms with E-state index >= 15 is 0 Å². The molecule has 1 aliphatic heterocycles.